The van der Waals surface area contributed by atoms with E-state index in [1.807, 2.05) is 0 Å². The zero-order valence-electron chi connectivity index (χ0n) is 17.3. The molecule has 2 fully saturated rings. The summed E-state index contributed by atoms with van der Waals surface area (Å²) in [6, 6.07) is 8.84. The molecule has 6 nitrogen and oxygen atoms in total. The lowest BCUT2D eigenvalue weighted by atomic mass is 9.85. The number of carbonyl (C=O) groups excluding carboxylic acids is 3. The standard InChI is InChI=1S/C25H21N3O3S/c26-12-18-17-3-1-2-4-19(17)32-23(18)27-22(29)13-7-9-16(10-8-13)28-24(30)20-14-5-6-15(11-14)21(20)25(28)31/h5-10,14-15,20-21H,1-4,11H2,(H,27,29)/t14-,15+,20-,21+. The second kappa shape index (κ2) is 7.14. The summed E-state index contributed by atoms with van der Waals surface area (Å²) in [5, 5.41) is 13.1. The lowest BCUT2D eigenvalue weighted by molar-refractivity contribution is -0.123. The van der Waals surface area contributed by atoms with Crippen LogP contribution in [0.1, 0.15) is 45.6 Å². The van der Waals surface area contributed by atoms with Gasteiger partial charge in [-0.05, 0) is 73.8 Å². The Balaban J connectivity index is 1.22. The van der Waals surface area contributed by atoms with E-state index in [4.69, 9.17) is 0 Å². The average molecular weight is 444 g/mol. The Labute approximate surface area is 189 Å². The molecule has 3 aliphatic carbocycles. The molecule has 32 heavy (non-hydrogen) atoms. The molecule has 4 aliphatic rings. The molecule has 4 atom stereocenters. The van der Waals surface area contributed by atoms with E-state index in [-0.39, 0.29) is 41.4 Å². The molecule has 3 amide bonds. The number of amides is 3. The van der Waals surface area contributed by atoms with Gasteiger partial charge in [0.2, 0.25) is 11.8 Å². The Hall–Kier alpha value is -3.24. The largest absolute Gasteiger partial charge is 0.312 e. The van der Waals surface area contributed by atoms with Gasteiger partial charge in [0.05, 0.1) is 23.1 Å². The van der Waals surface area contributed by atoms with Crippen LogP contribution < -0.4 is 10.2 Å². The smallest absolute Gasteiger partial charge is 0.256 e. The Morgan fingerprint density at radius 3 is 2.34 bits per heavy atom. The van der Waals surface area contributed by atoms with Crippen LogP contribution in [-0.2, 0) is 22.4 Å². The van der Waals surface area contributed by atoms with Gasteiger partial charge in [0, 0.05) is 10.4 Å². The van der Waals surface area contributed by atoms with Gasteiger partial charge in [-0.3, -0.25) is 19.3 Å². The molecule has 2 bridgehead atoms. The number of thiophene rings is 1. The number of hydrogen-bond acceptors (Lipinski definition) is 5. The summed E-state index contributed by atoms with van der Waals surface area (Å²) in [6.07, 6.45) is 9.07. The van der Waals surface area contributed by atoms with Crippen LogP contribution in [0.15, 0.2) is 36.4 Å². The van der Waals surface area contributed by atoms with Crippen molar-refractivity contribution in [1.82, 2.24) is 0 Å². The maximum atomic E-state index is 13.0. The number of carbonyl (C=O) groups is 3. The van der Waals surface area contributed by atoms with Gasteiger partial charge in [0.1, 0.15) is 11.1 Å². The van der Waals surface area contributed by atoms with Gasteiger partial charge in [0.15, 0.2) is 0 Å². The van der Waals surface area contributed by atoms with Crippen LogP contribution in [-0.4, -0.2) is 17.7 Å². The SMILES string of the molecule is N#Cc1c(NC(=O)c2ccc(N3C(=O)[C@@H]4[C@H](C3=O)[C@@H]3C=C[C@H]4C3)cc2)sc2c1CCCC2. The van der Waals surface area contributed by atoms with E-state index >= 15 is 0 Å². The number of allylic oxidation sites excluding steroid dienone is 2. The predicted molar refractivity (Wildman–Crippen MR) is 120 cm³/mol. The number of nitrogens with zero attached hydrogens (tertiary/aromatic N) is 2. The molecule has 7 heteroatoms. The fourth-order valence-electron chi connectivity index (χ4n) is 5.87. The van der Waals surface area contributed by atoms with Crippen molar-refractivity contribution >= 4 is 39.7 Å². The zero-order chi connectivity index (χ0) is 22.0. The Bertz CT molecular complexity index is 1210. The second-order valence-electron chi connectivity index (χ2n) is 9.04. The summed E-state index contributed by atoms with van der Waals surface area (Å²) in [5.41, 5.74) is 2.59. The van der Waals surface area contributed by atoms with Gasteiger partial charge in [0.25, 0.3) is 5.91 Å². The van der Waals surface area contributed by atoms with E-state index in [1.54, 1.807) is 24.3 Å². The van der Waals surface area contributed by atoms with Crippen LogP contribution in [0.5, 0.6) is 0 Å². The summed E-state index contributed by atoms with van der Waals surface area (Å²) < 4.78 is 0. The molecule has 1 aromatic heterocycles. The molecule has 0 spiro atoms. The molecular formula is C25H21N3O3S. The summed E-state index contributed by atoms with van der Waals surface area (Å²) in [7, 11) is 0. The van der Waals surface area contributed by atoms with E-state index in [1.165, 1.54) is 21.1 Å². The van der Waals surface area contributed by atoms with E-state index in [0.717, 1.165) is 37.7 Å². The number of fused-ring (bicyclic) bond motifs is 6. The van der Waals surface area contributed by atoms with Crippen LogP contribution in [0.2, 0.25) is 0 Å². The van der Waals surface area contributed by atoms with Crippen molar-refractivity contribution in [3.05, 3.63) is 58.0 Å². The van der Waals surface area contributed by atoms with E-state index in [2.05, 4.69) is 23.5 Å². The topological polar surface area (TPSA) is 90.3 Å². The van der Waals surface area contributed by atoms with Gasteiger partial charge in [-0.15, -0.1) is 11.3 Å². The third-order valence-corrected chi connectivity index (χ3v) is 8.58. The molecule has 1 N–H and O–H groups in total. The number of aryl methyl sites for hydroxylation is 1. The van der Waals surface area contributed by atoms with Crippen LogP contribution in [0.4, 0.5) is 10.7 Å². The fraction of sp³-hybridized carbons (Fsp3) is 0.360. The highest BCUT2D eigenvalue weighted by molar-refractivity contribution is 7.16. The van der Waals surface area contributed by atoms with Crippen LogP contribution in [0, 0.1) is 35.0 Å². The number of anilines is 2. The first-order valence-electron chi connectivity index (χ1n) is 11.1. The quantitative estimate of drug-likeness (QED) is 0.572. The van der Waals surface area contributed by atoms with Crippen molar-refractivity contribution in [2.75, 3.05) is 10.2 Å². The number of rotatable bonds is 3. The Morgan fingerprint density at radius 1 is 1.03 bits per heavy atom. The highest BCUT2D eigenvalue weighted by atomic mass is 32.1. The molecule has 6 rings (SSSR count). The van der Waals surface area contributed by atoms with Crippen molar-refractivity contribution < 1.29 is 14.4 Å². The first kappa shape index (κ1) is 19.4. The summed E-state index contributed by atoms with van der Waals surface area (Å²) >= 11 is 1.49. The van der Waals surface area contributed by atoms with E-state index in [9.17, 15) is 19.6 Å². The highest BCUT2D eigenvalue weighted by Gasteiger charge is 2.59. The molecule has 1 aliphatic heterocycles. The Kier molecular flexibility index (Phi) is 4.34. The maximum Gasteiger partial charge on any atom is 0.256 e. The fourth-order valence-corrected chi connectivity index (χ4v) is 7.10. The first-order chi connectivity index (χ1) is 15.6. The average Bonchev–Trinajstić information content (AvgIpc) is 3.55. The molecule has 0 unspecified atom stereocenters. The lowest BCUT2D eigenvalue weighted by Crippen LogP contribution is -2.32. The minimum Gasteiger partial charge on any atom is -0.312 e. The van der Waals surface area contributed by atoms with Gasteiger partial charge >= 0.3 is 0 Å². The number of hydrogen-bond donors (Lipinski definition) is 1. The third-order valence-electron chi connectivity index (χ3n) is 7.37. The molecule has 160 valence electrons. The molecule has 1 saturated carbocycles. The molecule has 1 saturated heterocycles. The van der Waals surface area contributed by atoms with Crippen molar-refractivity contribution in [2.24, 2.45) is 23.7 Å². The normalized spacial score (nSPS) is 27.4. The van der Waals surface area contributed by atoms with E-state index in [0.29, 0.717) is 21.8 Å². The highest BCUT2D eigenvalue weighted by Crippen LogP contribution is 2.53. The lowest BCUT2D eigenvalue weighted by Gasteiger charge is -2.17. The monoisotopic (exact) mass is 443 g/mol. The van der Waals surface area contributed by atoms with Gasteiger partial charge in [-0.1, -0.05) is 12.2 Å². The van der Waals surface area contributed by atoms with Gasteiger partial charge in [-0.25, -0.2) is 0 Å². The van der Waals surface area contributed by atoms with Gasteiger partial charge in [-0.2, -0.15) is 5.26 Å². The van der Waals surface area contributed by atoms with Gasteiger partial charge < -0.3 is 5.32 Å². The van der Waals surface area contributed by atoms with Crippen LogP contribution >= 0.6 is 11.3 Å². The van der Waals surface area contributed by atoms with E-state index < -0.39 is 0 Å². The summed E-state index contributed by atoms with van der Waals surface area (Å²) in [6.45, 7) is 0. The Morgan fingerprint density at radius 2 is 1.69 bits per heavy atom. The molecule has 1 aromatic carbocycles. The summed E-state index contributed by atoms with van der Waals surface area (Å²) in [4.78, 5) is 41.3. The maximum absolute atomic E-state index is 13.0. The first-order valence-corrected chi connectivity index (χ1v) is 11.9. The van der Waals surface area contributed by atoms with Crippen LogP contribution in [0.3, 0.4) is 0 Å². The molecular weight excluding hydrogens is 422 g/mol. The molecule has 2 heterocycles. The van der Waals surface area contributed by atoms with Crippen LogP contribution in [0.25, 0.3) is 0 Å². The van der Waals surface area contributed by atoms with Crippen molar-refractivity contribution in [2.45, 2.75) is 32.1 Å². The van der Waals surface area contributed by atoms with Crippen molar-refractivity contribution in [1.29, 1.82) is 5.26 Å². The zero-order valence-corrected chi connectivity index (χ0v) is 18.2. The third kappa shape index (κ3) is 2.72. The van der Waals surface area contributed by atoms with Crippen molar-refractivity contribution in [3.63, 3.8) is 0 Å². The number of nitrogens with one attached hydrogen (secondary N) is 1. The minimum atomic E-state index is -0.301. The number of imide groups is 1. The molecule has 0 radical (unpaired) electrons. The van der Waals surface area contributed by atoms with Crippen molar-refractivity contribution in [3.8, 4) is 6.07 Å². The number of nitriles is 1. The second-order valence-corrected chi connectivity index (χ2v) is 10.1. The summed E-state index contributed by atoms with van der Waals surface area (Å²) in [5.74, 6) is -0.701. The minimum absolute atomic E-state index is 0.128. The molecule has 2 aromatic rings. The predicted octanol–water partition coefficient (Wildman–Crippen LogP) is 4.06. The number of benzene rings is 1.